The fourth-order valence-corrected chi connectivity index (χ4v) is 5.74. The molecular weight excluding hydrogens is 440 g/mol. The van der Waals surface area contributed by atoms with Crippen molar-refractivity contribution in [2.45, 2.75) is 18.8 Å². The molecule has 5 rings (SSSR count). The third kappa shape index (κ3) is 3.93. The van der Waals surface area contributed by atoms with E-state index in [4.69, 9.17) is 10.7 Å². The number of benzene rings is 1. The van der Waals surface area contributed by atoms with Crippen molar-refractivity contribution in [3.8, 4) is 22.4 Å². The van der Waals surface area contributed by atoms with E-state index in [1.165, 1.54) is 10.7 Å². The third-order valence-electron chi connectivity index (χ3n) is 6.02. The second-order valence-electron chi connectivity index (χ2n) is 8.06. The maximum Gasteiger partial charge on any atom is 0.165 e. The van der Waals surface area contributed by atoms with Crippen LogP contribution in [0.3, 0.4) is 0 Å². The van der Waals surface area contributed by atoms with Crippen molar-refractivity contribution >= 4 is 27.5 Å². The molecular formula is C23H22N6O3S. The fraction of sp³-hybridized carbons (Fsp3) is 0.217. The van der Waals surface area contributed by atoms with Crippen LogP contribution in [0.15, 0.2) is 60.0 Å². The van der Waals surface area contributed by atoms with Crippen molar-refractivity contribution in [2.24, 2.45) is 5.16 Å². The summed E-state index contributed by atoms with van der Waals surface area (Å²) in [6.45, 7) is 0. The maximum absolute atomic E-state index is 11.9. The third-order valence-corrected chi connectivity index (χ3v) is 7.74. The van der Waals surface area contributed by atoms with Gasteiger partial charge in [-0.25, -0.2) is 13.4 Å². The van der Waals surface area contributed by atoms with Crippen molar-refractivity contribution in [3.05, 3.63) is 66.1 Å². The molecule has 1 aromatic carbocycles. The quantitative estimate of drug-likeness (QED) is 0.270. The van der Waals surface area contributed by atoms with Crippen LogP contribution >= 0.6 is 0 Å². The second kappa shape index (κ2) is 8.28. The summed E-state index contributed by atoms with van der Waals surface area (Å²) >= 11 is 0. The van der Waals surface area contributed by atoms with Crippen LogP contribution in [-0.2, 0) is 9.84 Å². The lowest BCUT2D eigenvalue weighted by Gasteiger charge is -2.23. The number of nitrogens with zero attached hydrogens (tertiary/aromatic N) is 5. The molecule has 1 fully saturated rings. The molecule has 168 valence electrons. The molecule has 0 spiro atoms. The van der Waals surface area contributed by atoms with Crippen LogP contribution in [-0.4, -0.2) is 50.9 Å². The minimum absolute atomic E-state index is 0.0944. The van der Waals surface area contributed by atoms with Crippen LogP contribution in [0.5, 0.6) is 0 Å². The SMILES string of the molecule is Nc1c(/C=N/O)c(C2CCS(=O)(=O)CC2)nc2c(-c3ccc(-c4ccccc4)nc3)cnn12. The van der Waals surface area contributed by atoms with Gasteiger partial charge in [-0.2, -0.15) is 9.61 Å². The first-order valence-electron chi connectivity index (χ1n) is 10.5. The largest absolute Gasteiger partial charge is 0.411 e. The first-order valence-corrected chi connectivity index (χ1v) is 12.4. The monoisotopic (exact) mass is 462 g/mol. The summed E-state index contributed by atoms with van der Waals surface area (Å²) in [4.78, 5) is 9.43. The van der Waals surface area contributed by atoms with Crippen molar-refractivity contribution in [1.82, 2.24) is 19.6 Å². The lowest BCUT2D eigenvalue weighted by molar-refractivity contribution is 0.321. The maximum atomic E-state index is 11.9. The molecule has 0 bridgehead atoms. The molecule has 1 aliphatic heterocycles. The molecule has 1 saturated heterocycles. The van der Waals surface area contributed by atoms with Crippen molar-refractivity contribution in [2.75, 3.05) is 17.2 Å². The molecule has 33 heavy (non-hydrogen) atoms. The van der Waals surface area contributed by atoms with Gasteiger partial charge in [0.05, 0.1) is 40.9 Å². The molecule has 3 N–H and O–H groups in total. The highest BCUT2D eigenvalue weighted by molar-refractivity contribution is 7.91. The molecule has 0 radical (unpaired) electrons. The van der Waals surface area contributed by atoms with Crippen molar-refractivity contribution < 1.29 is 13.6 Å². The van der Waals surface area contributed by atoms with Crippen LogP contribution < -0.4 is 5.73 Å². The molecule has 4 aromatic rings. The first kappa shape index (κ1) is 21.1. The zero-order valence-corrected chi connectivity index (χ0v) is 18.5. The number of fused-ring (bicyclic) bond motifs is 1. The Morgan fingerprint density at radius 3 is 2.48 bits per heavy atom. The highest BCUT2D eigenvalue weighted by atomic mass is 32.2. The number of anilines is 1. The molecule has 0 aliphatic carbocycles. The molecule has 10 heteroatoms. The zero-order chi connectivity index (χ0) is 23.0. The van der Waals surface area contributed by atoms with Gasteiger partial charge in [0.1, 0.15) is 15.7 Å². The average Bonchev–Trinajstić information content (AvgIpc) is 3.26. The fourth-order valence-electron chi connectivity index (χ4n) is 4.25. The molecule has 4 heterocycles. The van der Waals surface area contributed by atoms with Crippen LogP contribution in [0.1, 0.15) is 30.0 Å². The minimum Gasteiger partial charge on any atom is -0.411 e. The van der Waals surface area contributed by atoms with E-state index in [1.54, 1.807) is 12.4 Å². The van der Waals surface area contributed by atoms with Crippen LogP contribution in [0.4, 0.5) is 5.82 Å². The molecule has 0 atom stereocenters. The summed E-state index contributed by atoms with van der Waals surface area (Å²) in [5, 5.41) is 16.7. The Morgan fingerprint density at radius 1 is 1.06 bits per heavy atom. The van der Waals surface area contributed by atoms with Crippen LogP contribution in [0.2, 0.25) is 0 Å². The second-order valence-corrected chi connectivity index (χ2v) is 10.4. The molecule has 1 aliphatic rings. The standard InChI is InChI=1S/C23H22N6O3S/c24-22-19(14-27-30)21(16-8-10-33(31,32)11-9-16)28-23-18(13-26-29(22)23)17-6-7-20(25-12-17)15-4-2-1-3-5-15/h1-7,12-14,16,30H,8-11,24H2/b27-14+. The Balaban J connectivity index is 1.59. The van der Waals surface area contributed by atoms with Crippen LogP contribution in [0.25, 0.3) is 28.0 Å². The van der Waals surface area contributed by atoms with Crippen LogP contribution in [0, 0.1) is 0 Å². The minimum atomic E-state index is -3.04. The van der Waals surface area contributed by atoms with E-state index >= 15 is 0 Å². The Hall–Kier alpha value is -3.79. The highest BCUT2D eigenvalue weighted by Gasteiger charge is 2.29. The summed E-state index contributed by atoms with van der Waals surface area (Å²) in [6, 6.07) is 13.8. The molecule has 0 unspecified atom stereocenters. The number of pyridine rings is 1. The van der Waals surface area contributed by atoms with Gasteiger partial charge in [0.25, 0.3) is 0 Å². The van der Waals surface area contributed by atoms with Gasteiger partial charge in [-0.15, -0.1) is 0 Å². The van der Waals surface area contributed by atoms with Crippen molar-refractivity contribution in [3.63, 3.8) is 0 Å². The van der Waals surface area contributed by atoms with Gasteiger partial charge in [-0.1, -0.05) is 41.6 Å². The Kier molecular flexibility index (Phi) is 5.29. The Bertz CT molecular complexity index is 1430. The molecule has 0 saturated carbocycles. The number of nitrogen functional groups attached to an aromatic ring is 1. The topological polar surface area (TPSA) is 136 Å². The number of sulfone groups is 1. The van der Waals surface area contributed by atoms with E-state index in [1.807, 2.05) is 42.5 Å². The zero-order valence-electron chi connectivity index (χ0n) is 17.7. The van der Waals surface area contributed by atoms with Gasteiger partial charge in [0, 0.05) is 28.8 Å². The van der Waals surface area contributed by atoms with Crippen molar-refractivity contribution in [1.29, 1.82) is 0 Å². The van der Waals surface area contributed by atoms with Gasteiger partial charge in [-0.3, -0.25) is 4.98 Å². The van der Waals surface area contributed by atoms with E-state index in [2.05, 4.69) is 15.2 Å². The summed E-state index contributed by atoms with van der Waals surface area (Å²) in [7, 11) is -3.04. The predicted octanol–water partition coefficient (Wildman–Crippen LogP) is 3.14. The molecule has 0 amide bonds. The number of hydrogen-bond acceptors (Lipinski definition) is 8. The van der Waals surface area contributed by atoms with E-state index in [-0.39, 0.29) is 23.2 Å². The number of aromatic nitrogens is 4. The van der Waals surface area contributed by atoms with E-state index in [0.29, 0.717) is 29.7 Å². The number of hydrogen-bond donors (Lipinski definition) is 2. The Labute approximate surface area is 190 Å². The summed E-state index contributed by atoms with van der Waals surface area (Å²) in [5.74, 6) is 0.352. The lowest BCUT2D eigenvalue weighted by atomic mass is 9.95. The normalized spacial score (nSPS) is 16.5. The van der Waals surface area contributed by atoms with E-state index in [9.17, 15) is 13.6 Å². The van der Waals surface area contributed by atoms with Gasteiger partial charge < -0.3 is 10.9 Å². The Morgan fingerprint density at radius 2 is 1.82 bits per heavy atom. The predicted molar refractivity (Wildman–Crippen MR) is 126 cm³/mol. The number of nitrogens with two attached hydrogens (primary N) is 1. The smallest absolute Gasteiger partial charge is 0.165 e. The number of oxime groups is 1. The van der Waals surface area contributed by atoms with Gasteiger partial charge in [0.15, 0.2) is 5.65 Å². The molecule has 3 aromatic heterocycles. The average molecular weight is 463 g/mol. The summed E-state index contributed by atoms with van der Waals surface area (Å²) in [6.07, 6.45) is 5.56. The molecule has 9 nitrogen and oxygen atoms in total. The number of rotatable bonds is 4. The lowest BCUT2D eigenvalue weighted by Crippen LogP contribution is -2.24. The van der Waals surface area contributed by atoms with Gasteiger partial charge >= 0.3 is 0 Å². The first-order chi connectivity index (χ1) is 16.0. The van der Waals surface area contributed by atoms with Gasteiger partial charge in [-0.05, 0) is 18.9 Å². The summed E-state index contributed by atoms with van der Waals surface area (Å²) in [5.41, 5.74) is 11.4. The van der Waals surface area contributed by atoms with E-state index in [0.717, 1.165) is 22.4 Å². The highest BCUT2D eigenvalue weighted by Crippen LogP contribution is 2.34. The van der Waals surface area contributed by atoms with Gasteiger partial charge in [0.2, 0.25) is 0 Å². The van der Waals surface area contributed by atoms with E-state index < -0.39 is 9.84 Å². The summed E-state index contributed by atoms with van der Waals surface area (Å²) < 4.78 is 25.3.